The summed E-state index contributed by atoms with van der Waals surface area (Å²) >= 11 is 0. The lowest BCUT2D eigenvalue weighted by atomic mass is 10.1. The first kappa shape index (κ1) is 28.3. The maximum absolute atomic E-state index is 6.82. The van der Waals surface area contributed by atoms with Gasteiger partial charge in [0.1, 0.15) is 11.4 Å². The fraction of sp³-hybridized carbons (Fsp3) is 0. The van der Waals surface area contributed by atoms with Crippen LogP contribution >= 0.6 is 0 Å². The Hall–Kier alpha value is -6.56. The number of benzene rings is 7. The van der Waals surface area contributed by atoms with E-state index in [1.54, 1.807) is 0 Å². The zero-order valence-corrected chi connectivity index (χ0v) is 28.5. The third kappa shape index (κ3) is 3.84. The standard InChI is InChI=1S/C46H29N3OSi/c1-4-16-30(17-5-1)45-47-41-37-24-12-15-27-40(37)51(31-18-6-2-7-19-31,32-20-8-3-9-21-32)44(41)46(48-45)49-38-25-13-10-22-33(38)35-28-29-36-34-23-11-14-26-39(34)50-43(36)42(35)49/h1-29H. The predicted octanol–water partition coefficient (Wildman–Crippen LogP) is 8.50. The second-order valence-corrected chi connectivity index (χ2v) is 17.0. The van der Waals surface area contributed by atoms with Crippen LogP contribution in [0.2, 0.25) is 0 Å². The molecule has 0 saturated carbocycles. The molecule has 11 rings (SSSR count). The summed E-state index contributed by atoms with van der Waals surface area (Å²) in [7, 11) is -3.00. The van der Waals surface area contributed by atoms with Crippen LogP contribution < -0.4 is 20.7 Å². The van der Waals surface area contributed by atoms with Gasteiger partial charge >= 0.3 is 0 Å². The highest BCUT2D eigenvalue weighted by Crippen LogP contribution is 2.41. The summed E-state index contributed by atoms with van der Waals surface area (Å²) in [5, 5.41) is 9.61. The molecule has 7 aromatic carbocycles. The van der Waals surface area contributed by atoms with Crippen molar-refractivity contribution in [2.45, 2.75) is 0 Å². The molecule has 0 unspecified atom stereocenters. The molecule has 0 aliphatic carbocycles. The van der Waals surface area contributed by atoms with E-state index in [0.717, 1.165) is 60.8 Å². The highest BCUT2D eigenvalue weighted by atomic mass is 28.3. The second kappa shape index (κ2) is 10.7. The van der Waals surface area contributed by atoms with Gasteiger partial charge in [-0.25, -0.2) is 9.97 Å². The minimum atomic E-state index is -3.00. The second-order valence-electron chi connectivity index (χ2n) is 13.3. The number of fused-ring (bicyclic) bond motifs is 10. The van der Waals surface area contributed by atoms with E-state index in [0.29, 0.717) is 5.82 Å². The molecular formula is C46H29N3OSi. The van der Waals surface area contributed by atoms with Crippen LogP contribution in [0.3, 0.4) is 0 Å². The van der Waals surface area contributed by atoms with Crippen LogP contribution in [0.1, 0.15) is 0 Å². The third-order valence-electron chi connectivity index (χ3n) is 10.7. The Balaban J connectivity index is 1.40. The third-order valence-corrected chi connectivity index (χ3v) is 15.5. The Labute approximate surface area is 294 Å². The maximum atomic E-state index is 6.82. The quantitative estimate of drug-likeness (QED) is 0.177. The van der Waals surface area contributed by atoms with E-state index in [1.807, 2.05) is 12.1 Å². The molecule has 0 N–H and O–H groups in total. The fourth-order valence-corrected chi connectivity index (χ4v) is 13.8. The number of hydrogen-bond donors (Lipinski definition) is 0. The van der Waals surface area contributed by atoms with Gasteiger partial charge < -0.3 is 4.42 Å². The first-order valence-electron chi connectivity index (χ1n) is 17.3. The molecular weight excluding hydrogens is 639 g/mol. The molecule has 0 atom stereocenters. The maximum Gasteiger partial charge on any atom is 0.187 e. The molecule has 3 aromatic heterocycles. The Bertz CT molecular complexity index is 2930. The average molecular weight is 668 g/mol. The van der Waals surface area contributed by atoms with Gasteiger partial charge in [0.15, 0.2) is 19.5 Å². The number of rotatable bonds is 4. The molecule has 238 valence electrons. The number of nitrogens with zero attached hydrogens (tertiary/aromatic N) is 3. The van der Waals surface area contributed by atoms with Crippen molar-refractivity contribution in [3.63, 3.8) is 0 Å². The molecule has 1 aliphatic heterocycles. The van der Waals surface area contributed by atoms with E-state index in [9.17, 15) is 0 Å². The summed E-state index contributed by atoms with van der Waals surface area (Å²) in [4.78, 5) is 11.2. The molecule has 0 radical (unpaired) electrons. The van der Waals surface area contributed by atoms with Crippen LogP contribution in [0, 0.1) is 0 Å². The van der Waals surface area contributed by atoms with Crippen LogP contribution in [-0.4, -0.2) is 22.6 Å². The summed E-state index contributed by atoms with van der Waals surface area (Å²) in [6, 6.07) is 62.9. The molecule has 0 amide bonds. The Morgan fingerprint density at radius 3 is 1.86 bits per heavy atom. The van der Waals surface area contributed by atoms with Crippen molar-refractivity contribution in [2.75, 3.05) is 0 Å². The number of hydrogen-bond acceptors (Lipinski definition) is 3. The van der Waals surface area contributed by atoms with Crippen molar-refractivity contribution in [2.24, 2.45) is 0 Å². The molecule has 1 aliphatic rings. The van der Waals surface area contributed by atoms with Crippen LogP contribution in [-0.2, 0) is 0 Å². The predicted molar refractivity (Wildman–Crippen MR) is 212 cm³/mol. The summed E-state index contributed by atoms with van der Waals surface area (Å²) in [5.74, 6) is 1.60. The first-order chi connectivity index (χ1) is 25.3. The highest BCUT2D eigenvalue weighted by molar-refractivity contribution is 7.22. The van der Waals surface area contributed by atoms with Crippen molar-refractivity contribution in [3.05, 3.63) is 176 Å². The van der Waals surface area contributed by atoms with Crippen molar-refractivity contribution < 1.29 is 4.42 Å². The summed E-state index contributed by atoms with van der Waals surface area (Å²) in [5.41, 5.74) is 6.98. The van der Waals surface area contributed by atoms with Gasteiger partial charge in [0, 0.05) is 37.9 Å². The lowest BCUT2D eigenvalue weighted by molar-refractivity contribution is 0.671. The molecule has 0 fully saturated rings. The van der Waals surface area contributed by atoms with Gasteiger partial charge in [0.05, 0.1) is 16.7 Å². The zero-order chi connectivity index (χ0) is 33.5. The molecule has 4 heterocycles. The lowest BCUT2D eigenvalue weighted by Crippen LogP contribution is -2.73. The Kier molecular flexibility index (Phi) is 5.95. The van der Waals surface area contributed by atoms with Gasteiger partial charge in [-0.3, -0.25) is 4.57 Å². The van der Waals surface area contributed by atoms with Gasteiger partial charge in [-0.15, -0.1) is 0 Å². The molecule has 51 heavy (non-hydrogen) atoms. The molecule has 0 bridgehead atoms. The van der Waals surface area contributed by atoms with Gasteiger partial charge in [0.25, 0.3) is 0 Å². The van der Waals surface area contributed by atoms with E-state index in [4.69, 9.17) is 14.4 Å². The lowest BCUT2D eigenvalue weighted by Gasteiger charge is -2.32. The fourth-order valence-electron chi connectivity index (χ4n) is 8.61. The van der Waals surface area contributed by atoms with Crippen LogP contribution in [0.25, 0.3) is 72.2 Å². The van der Waals surface area contributed by atoms with Gasteiger partial charge in [0.2, 0.25) is 0 Å². The van der Waals surface area contributed by atoms with E-state index >= 15 is 0 Å². The average Bonchev–Trinajstić information content (AvgIpc) is 3.85. The molecule has 0 spiro atoms. The van der Waals surface area contributed by atoms with E-state index < -0.39 is 8.07 Å². The molecule has 5 heteroatoms. The largest absolute Gasteiger partial charge is 0.454 e. The van der Waals surface area contributed by atoms with Gasteiger partial charge in [-0.1, -0.05) is 158 Å². The van der Waals surface area contributed by atoms with Gasteiger partial charge in [-0.05, 0) is 33.8 Å². The monoisotopic (exact) mass is 667 g/mol. The number of furan rings is 1. The number of aromatic nitrogens is 3. The van der Waals surface area contributed by atoms with Crippen molar-refractivity contribution >= 4 is 72.6 Å². The zero-order valence-electron chi connectivity index (χ0n) is 27.5. The smallest absolute Gasteiger partial charge is 0.187 e. The van der Waals surface area contributed by atoms with Gasteiger partial charge in [-0.2, -0.15) is 0 Å². The molecule has 4 nitrogen and oxygen atoms in total. The number of para-hydroxylation sites is 2. The Morgan fingerprint density at radius 2 is 1.10 bits per heavy atom. The summed E-state index contributed by atoms with van der Waals surface area (Å²) < 4.78 is 9.21. The Morgan fingerprint density at radius 1 is 0.490 bits per heavy atom. The highest BCUT2D eigenvalue weighted by Gasteiger charge is 2.52. The first-order valence-corrected chi connectivity index (χ1v) is 19.3. The summed E-state index contributed by atoms with van der Waals surface area (Å²) in [6.07, 6.45) is 0. The SMILES string of the molecule is c1ccc(-c2nc3c(c(-n4c5ccccc5c5ccc6c7ccccc7oc6c54)n2)[Si](c2ccccc2)(c2ccccc2)c2ccccc2-3)cc1. The topological polar surface area (TPSA) is 43.9 Å². The van der Waals surface area contributed by atoms with E-state index in [2.05, 4.69) is 168 Å². The van der Waals surface area contributed by atoms with Crippen molar-refractivity contribution in [1.29, 1.82) is 0 Å². The van der Waals surface area contributed by atoms with Crippen LogP contribution in [0.5, 0.6) is 0 Å². The minimum Gasteiger partial charge on any atom is -0.454 e. The minimum absolute atomic E-state index is 0.702. The van der Waals surface area contributed by atoms with Crippen molar-refractivity contribution in [1.82, 2.24) is 14.5 Å². The van der Waals surface area contributed by atoms with Crippen LogP contribution in [0.15, 0.2) is 180 Å². The summed E-state index contributed by atoms with van der Waals surface area (Å²) in [6.45, 7) is 0. The van der Waals surface area contributed by atoms with Crippen LogP contribution in [0.4, 0.5) is 0 Å². The normalized spacial score (nSPS) is 13.3. The molecule has 0 saturated heterocycles. The van der Waals surface area contributed by atoms with Crippen molar-refractivity contribution in [3.8, 4) is 28.5 Å². The van der Waals surface area contributed by atoms with E-state index in [-0.39, 0.29) is 0 Å². The molecule has 10 aromatic rings. The van der Waals surface area contributed by atoms with E-state index in [1.165, 1.54) is 26.3 Å².